The van der Waals surface area contributed by atoms with E-state index in [1.165, 1.54) is 0 Å². The minimum Gasteiger partial charge on any atom is -0.468 e. The number of hydrogen-bond donors (Lipinski definition) is 3. The fraction of sp³-hybridized carbons (Fsp3) is 0.333. The maximum Gasteiger partial charge on any atom is 0.251 e. The van der Waals surface area contributed by atoms with E-state index in [1.54, 1.807) is 36.6 Å². The van der Waals surface area contributed by atoms with Crippen molar-refractivity contribution in [3.8, 4) is 0 Å². The molecule has 2 aromatic rings. The quantitative estimate of drug-likeness (QED) is 0.760. The lowest BCUT2D eigenvalue weighted by molar-refractivity contribution is -0.115. The van der Waals surface area contributed by atoms with Gasteiger partial charge in [-0.15, -0.1) is 0 Å². The summed E-state index contributed by atoms with van der Waals surface area (Å²) < 4.78 is 5.18. The number of nitrogens with one attached hydrogen (secondary N) is 3. The van der Waals surface area contributed by atoms with Gasteiger partial charge in [-0.25, -0.2) is 0 Å². The summed E-state index contributed by atoms with van der Waals surface area (Å²) in [6.45, 7) is 6.39. The lowest BCUT2D eigenvalue weighted by Crippen LogP contribution is -2.40. The first kappa shape index (κ1) is 17.7. The summed E-state index contributed by atoms with van der Waals surface area (Å²) in [5, 5.41) is 8.65. The van der Waals surface area contributed by atoms with Gasteiger partial charge in [-0.2, -0.15) is 0 Å². The van der Waals surface area contributed by atoms with Crippen LogP contribution in [-0.2, 0) is 11.3 Å². The van der Waals surface area contributed by atoms with E-state index < -0.39 is 0 Å². The van der Waals surface area contributed by atoms with Gasteiger partial charge >= 0.3 is 0 Å². The van der Waals surface area contributed by atoms with Crippen LogP contribution in [0.1, 0.15) is 36.9 Å². The van der Waals surface area contributed by atoms with Crippen molar-refractivity contribution in [2.75, 3.05) is 11.9 Å². The summed E-state index contributed by atoms with van der Waals surface area (Å²) in [7, 11) is 0. The number of rotatable bonds is 6. The number of benzene rings is 1. The van der Waals surface area contributed by atoms with Crippen molar-refractivity contribution in [3.63, 3.8) is 0 Å². The van der Waals surface area contributed by atoms with Crippen LogP contribution in [0.25, 0.3) is 0 Å². The third-order valence-electron chi connectivity index (χ3n) is 3.06. The van der Waals surface area contributed by atoms with Crippen LogP contribution in [0.5, 0.6) is 0 Å². The molecule has 128 valence electrons. The molecule has 0 aliphatic rings. The van der Waals surface area contributed by atoms with E-state index in [9.17, 15) is 9.59 Å². The molecule has 0 radical (unpaired) electrons. The lowest BCUT2D eigenvalue weighted by Gasteiger charge is -2.20. The van der Waals surface area contributed by atoms with Crippen molar-refractivity contribution in [1.82, 2.24) is 10.6 Å². The molecule has 6 heteroatoms. The van der Waals surface area contributed by atoms with Crippen LogP contribution in [0.3, 0.4) is 0 Å². The minimum absolute atomic E-state index is 0.152. The SMILES string of the molecule is CC(C)(C)NC(=O)c1cccc(NC(=O)CNCc2ccco2)c1. The molecule has 3 N–H and O–H groups in total. The van der Waals surface area contributed by atoms with Gasteiger partial charge in [-0.1, -0.05) is 6.07 Å². The highest BCUT2D eigenvalue weighted by atomic mass is 16.3. The van der Waals surface area contributed by atoms with Crippen LogP contribution in [0, 0.1) is 0 Å². The molecule has 24 heavy (non-hydrogen) atoms. The monoisotopic (exact) mass is 329 g/mol. The van der Waals surface area contributed by atoms with E-state index >= 15 is 0 Å². The molecule has 2 rings (SSSR count). The molecule has 0 saturated carbocycles. The molecule has 6 nitrogen and oxygen atoms in total. The Balaban J connectivity index is 1.86. The molecule has 1 heterocycles. The Kier molecular flexibility index (Phi) is 5.76. The first-order valence-electron chi connectivity index (χ1n) is 7.79. The Morgan fingerprint density at radius 2 is 1.92 bits per heavy atom. The average molecular weight is 329 g/mol. The second-order valence-electron chi connectivity index (χ2n) is 6.52. The summed E-state index contributed by atoms with van der Waals surface area (Å²) in [4.78, 5) is 24.1. The van der Waals surface area contributed by atoms with Crippen LogP contribution < -0.4 is 16.0 Å². The Hall–Kier alpha value is -2.60. The van der Waals surface area contributed by atoms with Crippen molar-refractivity contribution in [3.05, 3.63) is 54.0 Å². The van der Waals surface area contributed by atoms with Gasteiger partial charge in [0.05, 0.1) is 19.4 Å². The normalized spacial score (nSPS) is 11.1. The van der Waals surface area contributed by atoms with Crippen molar-refractivity contribution >= 4 is 17.5 Å². The van der Waals surface area contributed by atoms with Crippen molar-refractivity contribution in [2.24, 2.45) is 0 Å². The molecular formula is C18H23N3O3. The van der Waals surface area contributed by atoms with Crippen LogP contribution in [-0.4, -0.2) is 23.9 Å². The summed E-state index contributed by atoms with van der Waals surface area (Å²) in [6, 6.07) is 10.5. The van der Waals surface area contributed by atoms with Crippen molar-refractivity contribution in [2.45, 2.75) is 32.9 Å². The van der Waals surface area contributed by atoms with Gasteiger partial charge in [0.25, 0.3) is 5.91 Å². The molecule has 0 saturated heterocycles. The van der Waals surface area contributed by atoms with E-state index in [-0.39, 0.29) is 23.9 Å². The summed E-state index contributed by atoms with van der Waals surface area (Å²) in [6.07, 6.45) is 1.59. The standard InChI is InChI=1S/C18H23N3O3/c1-18(2,3)21-17(23)13-6-4-7-14(10-13)20-16(22)12-19-11-15-8-5-9-24-15/h4-10,19H,11-12H2,1-3H3,(H,20,22)(H,21,23). The molecule has 0 bridgehead atoms. The number of carbonyl (C=O) groups is 2. The number of anilines is 1. The van der Waals surface area contributed by atoms with E-state index in [4.69, 9.17) is 4.42 Å². The fourth-order valence-corrected chi connectivity index (χ4v) is 2.07. The lowest BCUT2D eigenvalue weighted by atomic mass is 10.1. The molecule has 1 aromatic carbocycles. The molecular weight excluding hydrogens is 306 g/mol. The first-order valence-corrected chi connectivity index (χ1v) is 7.79. The molecule has 0 unspecified atom stereocenters. The molecule has 0 spiro atoms. The maximum atomic E-state index is 12.2. The predicted octanol–water partition coefficient (Wildman–Crippen LogP) is 2.54. The Morgan fingerprint density at radius 3 is 2.58 bits per heavy atom. The number of hydrogen-bond acceptors (Lipinski definition) is 4. The van der Waals surface area contributed by atoms with E-state index in [0.29, 0.717) is 17.8 Å². The van der Waals surface area contributed by atoms with Crippen LogP contribution >= 0.6 is 0 Å². The maximum absolute atomic E-state index is 12.2. The summed E-state index contributed by atoms with van der Waals surface area (Å²) in [5.41, 5.74) is 0.777. The zero-order valence-corrected chi connectivity index (χ0v) is 14.2. The van der Waals surface area contributed by atoms with Crippen molar-refractivity contribution in [1.29, 1.82) is 0 Å². The summed E-state index contributed by atoms with van der Waals surface area (Å²) in [5.74, 6) is 0.410. The van der Waals surface area contributed by atoms with Gasteiger partial charge in [0, 0.05) is 16.8 Å². The fourth-order valence-electron chi connectivity index (χ4n) is 2.07. The highest BCUT2D eigenvalue weighted by Gasteiger charge is 2.15. The first-order chi connectivity index (χ1) is 11.3. The second-order valence-corrected chi connectivity index (χ2v) is 6.52. The van der Waals surface area contributed by atoms with Gasteiger partial charge in [-0.3, -0.25) is 9.59 Å². The highest BCUT2D eigenvalue weighted by molar-refractivity contribution is 5.97. The van der Waals surface area contributed by atoms with Gasteiger partial charge < -0.3 is 20.4 Å². The molecule has 0 aliphatic heterocycles. The minimum atomic E-state index is -0.313. The molecule has 0 fully saturated rings. The van der Waals surface area contributed by atoms with Gasteiger partial charge in [0.15, 0.2) is 0 Å². The smallest absolute Gasteiger partial charge is 0.251 e. The third kappa shape index (κ3) is 5.89. The van der Waals surface area contributed by atoms with Crippen LogP contribution in [0.15, 0.2) is 47.1 Å². The molecule has 0 atom stereocenters. The third-order valence-corrected chi connectivity index (χ3v) is 3.06. The van der Waals surface area contributed by atoms with Crippen LogP contribution in [0.2, 0.25) is 0 Å². The largest absolute Gasteiger partial charge is 0.468 e. The summed E-state index contributed by atoms with van der Waals surface area (Å²) >= 11 is 0. The average Bonchev–Trinajstić information content (AvgIpc) is 2.99. The predicted molar refractivity (Wildman–Crippen MR) is 92.7 cm³/mol. The zero-order valence-electron chi connectivity index (χ0n) is 14.2. The Labute approximate surface area is 141 Å². The van der Waals surface area contributed by atoms with E-state index in [2.05, 4.69) is 16.0 Å². The van der Waals surface area contributed by atoms with Gasteiger partial charge in [-0.05, 0) is 51.1 Å². The van der Waals surface area contributed by atoms with E-state index in [0.717, 1.165) is 5.76 Å². The Morgan fingerprint density at radius 1 is 1.12 bits per heavy atom. The van der Waals surface area contributed by atoms with Crippen molar-refractivity contribution < 1.29 is 14.0 Å². The van der Waals surface area contributed by atoms with Gasteiger partial charge in [0.2, 0.25) is 5.91 Å². The van der Waals surface area contributed by atoms with E-state index in [1.807, 2.05) is 26.8 Å². The Bertz CT molecular complexity index is 688. The van der Waals surface area contributed by atoms with Gasteiger partial charge in [0.1, 0.15) is 5.76 Å². The zero-order chi connectivity index (χ0) is 17.6. The molecule has 0 aliphatic carbocycles. The molecule has 1 aromatic heterocycles. The number of furan rings is 1. The van der Waals surface area contributed by atoms with Crippen LogP contribution in [0.4, 0.5) is 5.69 Å². The molecule has 2 amide bonds. The second kappa shape index (κ2) is 7.79. The highest BCUT2D eigenvalue weighted by Crippen LogP contribution is 2.12. The topological polar surface area (TPSA) is 83.4 Å². The number of carbonyl (C=O) groups excluding carboxylic acids is 2. The number of amides is 2.